The molecule has 0 atom stereocenters. The Hall–Kier alpha value is -0.320. The number of alkyl halides is 1. The topological polar surface area (TPSA) is 77.8 Å². The van der Waals surface area contributed by atoms with Crippen LogP contribution in [0.15, 0.2) is 0 Å². The van der Waals surface area contributed by atoms with Crippen LogP contribution in [0.25, 0.3) is 0 Å². The zero-order valence-electron chi connectivity index (χ0n) is 3.13. The highest BCUT2D eigenvalue weighted by molar-refractivity contribution is 6.30. The summed E-state index contributed by atoms with van der Waals surface area (Å²) in [6.45, 7) is 0. The standard InChI is InChI=1S/C2H3ClO4/c3-2(6,7)1(4)5/h6-7H,(H,4,5). The summed E-state index contributed by atoms with van der Waals surface area (Å²) < 4.78 is 0. The number of aliphatic hydroxyl groups is 2. The van der Waals surface area contributed by atoms with Crippen molar-refractivity contribution >= 4 is 17.6 Å². The van der Waals surface area contributed by atoms with Gasteiger partial charge in [0.05, 0.1) is 0 Å². The van der Waals surface area contributed by atoms with Crippen molar-refractivity contribution in [3.8, 4) is 0 Å². The number of carboxylic acids is 1. The summed E-state index contributed by atoms with van der Waals surface area (Å²) in [5.41, 5.74) is 0. The third-order valence-corrected chi connectivity index (χ3v) is 0.434. The van der Waals surface area contributed by atoms with Crippen LogP contribution in [0.1, 0.15) is 0 Å². The van der Waals surface area contributed by atoms with Crippen molar-refractivity contribution in [2.75, 3.05) is 0 Å². The molecule has 7 heavy (non-hydrogen) atoms. The van der Waals surface area contributed by atoms with Crippen molar-refractivity contribution in [3.63, 3.8) is 0 Å². The second-order valence-corrected chi connectivity index (χ2v) is 1.42. The van der Waals surface area contributed by atoms with E-state index in [9.17, 15) is 4.79 Å². The Morgan fingerprint density at radius 2 is 1.71 bits per heavy atom. The molecule has 0 aliphatic heterocycles. The Labute approximate surface area is 44.0 Å². The molecule has 0 bridgehead atoms. The van der Waals surface area contributed by atoms with E-state index >= 15 is 0 Å². The first-order valence-corrected chi connectivity index (χ1v) is 1.69. The van der Waals surface area contributed by atoms with Crippen LogP contribution in [-0.4, -0.2) is 26.5 Å². The van der Waals surface area contributed by atoms with Crippen molar-refractivity contribution in [2.45, 2.75) is 5.25 Å². The Bertz CT molecular complexity index is 82.2. The molecular formula is C2H3ClO4. The predicted octanol–water partition coefficient (Wildman–Crippen LogP) is -1.05. The molecule has 0 radical (unpaired) electrons. The summed E-state index contributed by atoms with van der Waals surface area (Å²) in [6.07, 6.45) is 0. The van der Waals surface area contributed by atoms with Crippen molar-refractivity contribution in [1.29, 1.82) is 0 Å². The highest BCUT2D eigenvalue weighted by Crippen LogP contribution is 2.02. The first-order chi connectivity index (χ1) is 2.94. The molecule has 0 spiro atoms. The van der Waals surface area contributed by atoms with E-state index in [0.29, 0.717) is 0 Å². The van der Waals surface area contributed by atoms with Gasteiger partial charge in [-0.05, 0) is 11.6 Å². The fourth-order valence-corrected chi connectivity index (χ4v) is 0. The zero-order valence-corrected chi connectivity index (χ0v) is 3.88. The summed E-state index contributed by atoms with van der Waals surface area (Å²) in [4.78, 5) is 9.39. The fraction of sp³-hybridized carbons (Fsp3) is 0.500. The lowest BCUT2D eigenvalue weighted by molar-refractivity contribution is -0.176. The maximum atomic E-state index is 9.39. The number of hydrogen-bond acceptors (Lipinski definition) is 3. The average Bonchev–Trinajstić information content (AvgIpc) is 1.31. The molecule has 0 aromatic rings. The smallest absolute Gasteiger partial charge is 0.381 e. The molecule has 0 aromatic heterocycles. The van der Waals surface area contributed by atoms with Crippen LogP contribution in [0.3, 0.4) is 0 Å². The van der Waals surface area contributed by atoms with Gasteiger partial charge in [-0.3, -0.25) is 0 Å². The Morgan fingerprint density at radius 1 is 1.57 bits per heavy atom. The molecule has 3 N–H and O–H groups in total. The molecule has 0 heterocycles. The van der Waals surface area contributed by atoms with Gasteiger partial charge in [-0.2, -0.15) is 0 Å². The van der Waals surface area contributed by atoms with Gasteiger partial charge < -0.3 is 15.3 Å². The third-order valence-electron chi connectivity index (χ3n) is 0.272. The maximum absolute atomic E-state index is 9.39. The molecule has 0 amide bonds. The van der Waals surface area contributed by atoms with Crippen molar-refractivity contribution in [2.24, 2.45) is 0 Å². The van der Waals surface area contributed by atoms with Gasteiger partial charge in [0.1, 0.15) is 0 Å². The van der Waals surface area contributed by atoms with Gasteiger partial charge in [0.15, 0.2) is 0 Å². The van der Waals surface area contributed by atoms with E-state index < -0.39 is 11.2 Å². The van der Waals surface area contributed by atoms with Crippen LogP contribution >= 0.6 is 11.6 Å². The summed E-state index contributed by atoms with van der Waals surface area (Å²) in [5, 5.41) is 20.1. The van der Waals surface area contributed by atoms with Gasteiger partial charge in [0.2, 0.25) is 0 Å². The fourth-order valence-electron chi connectivity index (χ4n) is 0. The van der Waals surface area contributed by atoms with Crippen molar-refractivity contribution in [1.82, 2.24) is 0 Å². The SMILES string of the molecule is O=C(O)C(O)(O)Cl. The largest absolute Gasteiger partial charge is 0.476 e. The molecule has 0 aliphatic carbocycles. The van der Waals surface area contributed by atoms with Crippen LogP contribution in [0.2, 0.25) is 0 Å². The third kappa shape index (κ3) is 2.38. The van der Waals surface area contributed by atoms with Gasteiger partial charge in [-0.1, -0.05) is 0 Å². The van der Waals surface area contributed by atoms with E-state index in [4.69, 9.17) is 15.3 Å². The van der Waals surface area contributed by atoms with Crippen LogP contribution in [0.4, 0.5) is 0 Å². The Balaban J connectivity index is 3.79. The second kappa shape index (κ2) is 1.65. The van der Waals surface area contributed by atoms with Crippen LogP contribution in [0, 0.1) is 0 Å². The van der Waals surface area contributed by atoms with Crippen LogP contribution in [0.5, 0.6) is 0 Å². The monoisotopic (exact) mass is 126 g/mol. The summed E-state index contributed by atoms with van der Waals surface area (Å²) in [5.74, 6) is -1.88. The highest BCUT2D eigenvalue weighted by atomic mass is 35.5. The van der Waals surface area contributed by atoms with Gasteiger partial charge in [0.25, 0.3) is 0 Å². The normalized spacial score (nSPS) is 11.3. The molecule has 0 aliphatic rings. The molecule has 42 valence electrons. The van der Waals surface area contributed by atoms with E-state index in [1.54, 1.807) is 0 Å². The highest BCUT2D eigenvalue weighted by Gasteiger charge is 2.28. The number of hydrogen-bond donors (Lipinski definition) is 3. The quantitative estimate of drug-likeness (QED) is 0.309. The Kier molecular flexibility index (Phi) is 1.58. The molecule has 0 fully saturated rings. The van der Waals surface area contributed by atoms with E-state index in [1.165, 1.54) is 0 Å². The summed E-state index contributed by atoms with van der Waals surface area (Å²) in [6, 6.07) is 0. The van der Waals surface area contributed by atoms with Crippen LogP contribution in [-0.2, 0) is 4.79 Å². The van der Waals surface area contributed by atoms with E-state index in [1.807, 2.05) is 0 Å². The van der Waals surface area contributed by atoms with Crippen molar-refractivity contribution in [3.05, 3.63) is 0 Å². The average molecular weight is 126 g/mol. The first-order valence-electron chi connectivity index (χ1n) is 1.31. The molecule has 0 unspecified atom stereocenters. The number of rotatable bonds is 1. The maximum Gasteiger partial charge on any atom is 0.381 e. The van der Waals surface area contributed by atoms with Gasteiger partial charge in [-0.25, -0.2) is 4.79 Å². The zero-order chi connectivity index (χ0) is 6.08. The van der Waals surface area contributed by atoms with E-state index in [2.05, 4.69) is 11.6 Å². The molecule has 0 saturated heterocycles. The minimum atomic E-state index is -3.11. The lowest BCUT2D eigenvalue weighted by atomic mass is 10.7. The first kappa shape index (κ1) is 6.68. The molecule has 5 heteroatoms. The lowest BCUT2D eigenvalue weighted by Gasteiger charge is -2.02. The lowest BCUT2D eigenvalue weighted by Crippen LogP contribution is -2.30. The van der Waals surface area contributed by atoms with E-state index in [-0.39, 0.29) is 0 Å². The molecule has 4 nitrogen and oxygen atoms in total. The minimum Gasteiger partial charge on any atom is -0.476 e. The summed E-state index contributed by atoms with van der Waals surface area (Å²) >= 11 is 4.38. The molecular weight excluding hydrogens is 123 g/mol. The van der Waals surface area contributed by atoms with Crippen LogP contribution < -0.4 is 0 Å². The molecule has 0 saturated carbocycles. The van der Waals surface area contributed by atoms with E-state index in [0.717, 1.165) is 0 Å². The number of aliphatic carboxylic acids is 1. The summed E-state index contributed by atoms with van der Waals surface area (Å²) in [7, 11) is 0. The second-order valence-electron chi connectivity index (χ2n) is 0.892. The Morgan fingerprint density at radius 3 is 1.71 bits per heavy atom. The number of halogens is 1. The minimum absolute atomic E-state index is 1.88. The van der Waals surface area contributed by atoms with Gasteiger partial charge in [0, 0.05) is 0 Å². The van der Waals surface area contributed by atoms with Gasteiger partial charge >= 0.3 is 11.2 Å². The molecule has 0 rings (SSSR count). The number of carbonyl (C=O) groups is 1. The number of carboxylic acid groups (broad SMARTS) is 1. The van der Waals surface area contributed by atoms with Gasteiger partial charge in [-0.15, -0.1) is 0 Å². The predicted molar refractivity (Wildman–Crippen MR) is 20.7 cm³/mol. The molecule has 0 aromatic carbocycles. The van der Waals surface area contributed by atoms with Crippen molar-refractivity contribution < 1.29 is 20.1 Å².